The fraction of sp³-hybridized carbons (Fsp3) is 0.167. The lowest BCUT2D eigenvalue weighted by Crippen LogP contribution is -2.36. The summed E-state index contributed by atoms with van der Waals surface area (Å²) in [5.74, 6) is -1.20. The molecule has 0 radical (unpaired) electrons. The molecular formula is C30H26ClN3O6. The molecule has 9 nitrogen and oxygen atoms in total. The van der Waals surface area contributed by atoms with Crippen molar-refractivity contribution in [2.75, 3.05) is 19.5 Å². The molecule has 4 rings (SSSR count). The zero-order chi connectivity index (χ0) is 28.8. The molecule has 4 aromatic rings. The van der Waals surface area contributed by atoms with Crippen molar-refractivity contribution in [3.05, 3.63) is 111 Å². The van der Waals surface area contributed by atoms with Crippen LogP contribution in [0, 0.1) is 0 Å². The molecule has 1 unspecified atom stereocenters. The molecule has 3 aromatic carbocycles. The van der Waals surface area contributed by atoms with Crippen LogP contribution in [0.2, 0.25) is 5.02 Å². The predicted octanol–water partition coefficient (Wildman–Crippen LogP) is 4.98. The van der Waals surface area contributed by atoms with Gasteiger partial charge in [0.05, 0.1) is 25.3 Å². The van der Waals surface area contributed by atoms with Crippen LogP contribution in [0.3, 0.4) is 0 Å². The van der Waals surface area contributed by atoms with Crippen molar-refractivity contribution >= 4 is 34.9 Å². The van der Waals surface area contributed by atoms with Crippen LogP contribution in [0.15, 0.2) is 83.7 Å². The first kappa shape index (κ1) is 28.3. The third-order valence-corrected chi connectivity index (χ3v) is 6.45. The molecule has 0 bridgehead atoms. The van der Waals surface area contributed by atoms with E-state index in [1.54, 1.807) is 30.3 Å². The predicted molar refractivity (Wildman–Crippen MR) is 151 cm³/mol. The zero-order valence-electron chi connectivity index (χ0n) is 22.0. The molecule has 1 amide bonds. The van der Waals surface area contributed by atoms with Crippen molar-refractivity contribution < 1.29 is 23.9 Å². The highest BCUT2D eigenvalue weighted by atomic mass is 35.5. The van der Waals surface area contributed by atoms with Crippen LogP contribution >= 0.6 is 11.6 Å². The zero-order valence-corrected chi connectivity index (χ0v) is 22.8. The Bertz CT molecular complexity index is 1620. The van der Waals surface area contributed by atoms with E-state index < -0.39 is 23.5 Å². The lowest BCUT2D eigenvalue weighted by atomic mass is 9.98. The Morgan fingerprint density at radius 1 is 0.950 bits per heavy atom. The smallest absolute Gasteiger partial charge is 0.337 e. The second kappa shape index (κ2) is 12.4. The van der Waals surface area contributed by atoms with Crippen LogP contribution in [0.4, 0.5) is 5.69 Å². The molecule has 204 valence electrons. The van der Waals surface area contributed by atoms with Gasteiger partial charge in [0.15, 0.2) is 5.78 Å². The normalized spacial score (nSPS) is 11.4. The molecule has 1 heterocycles. The molecule has 10 heteroatoms. The molecule has 0 aliphatic carbocycles. The van der Waals surface area contributed by atoms with Gasteiger partial charge in [-0.25, -0.2) is 9.48 Å². The number of hydrogen-bond acceptors (Lipinski definition) is 7. The fourth-order valence-electron chi connectivity index (χ4n) is 4.23. The monoisotopic (exact) mass is 559 g/mol. The van der Waals surface area contributed by atoms with E-state index in [-0.39, 0.29) is 23.6 Å². The fourth-order valence-corrected chi connectivity index (χ4v) is 4.40. The minimum absolute atomic E-state index is 0.0395. The molecule has 0 aliphatic heterocycles. The summed E-state index contributed by atoms with van der Waals surface area (Å²) in [6.07, 6.45) is 0.151. The summed E-state index contributed by atoms with van der Waals surface area (Å²) in [6, 6.07) is 20.3. The van der Waals surface area contributed by atoms with Gasteiger partial charge >= 0.3 is 5.97 Å². The van der Waals surface area contributed by atoms with Gasteiger partial charge in [0.1, 0.15) is 6.04 Å². The number of nitrogens with zero attached hydrogens (tertiary/aromatic N) is 2. The SMILES string of the molecule is COC(=O)c1ccc(NC(=O)C(Cc2ccccc2)n2nc(OC)c(-c3cc(Cl)ccc3C(C)=O)cc2=O)cc1. The van der Waals surface area contributed by atoms with E-state index >= 15 is 0 Å². The number of nitrogens with one attached hydrogen (secondary N) is 1. The Labute approximate surface area is 235 Å². The number of halogens is 1. The van der Waals surface area contributed by atoms with Gasteiger partial charge in [-0.1, -0.05) is 41.9 Å². The van der Waals surface area contributed by atoms with Gasteiger partial charge < -0.3 is 14.8 Å². The maximum atomic E-state index is 13.6. The van der Waals surface area contributed by atoms with E-state index in [9.17, 15) is 19.2 Å². The summed E-state index contributed by atoms with van der Waals surface area (Å²) >= 11 is 6.20. The van der Waals surface area contributed by atoms with Crippen LogP contribution in [0.25, 0.3) is 11.1 Å². The topological polar surface area (TPSA) is 117 Å². The van der Waals surface area contributed by atoms with E-state index in [0.717, 1.165) is 10.2 Å². The molecular weight excluding hydrogens is 534 g/mol. The summed E-state index contributed by atoms with van der Waals surface area (Å²) in [5.41, 5.74) is 1.96. The summed E-state index contributed by atoms with van der Waals surface area (Å²) in [5, 5.41) is 7.57. The number of hydrogen-bond donors (Lipinski definition) is 1. The lowest BCUT2D eigenvalue weighted by Gasteiger charge is -2.20. The maximum Gasteiger partial charge on any atom is 0.337 e. The summed E-state index contributed by atoms with van der Waals surface area (Å²) < 4.78 is 11.3. The molecule has 0 saturated heterocycles. The third-order valence-electron chi connectivity index (χ3n) is 6.21. The maximum absolute atomic E-state index is 13.6. The number of benzene rings is 3. The van der Waals surface area contributed by atoms with Gasteiger partial charge in [-0.2, -0.15) is 0 Å². The number of aromatic nitrogens is 2. The first-order valence-electron chi connectivity index (χ1n) is 12.2. The van der Waals surface area contributed by atoms with Crippen LogP contribution < -0.4 is 15.6 Å². The third kappa shape index (κ3) is 6.27. The Kier molecular flexibility index (Phi) is 8.76. The van der Waals surface area contributed by atoms with Crippen LogP contribution in [0.5, 0.6) is 5.88 Å². The van der Waals surface area contributed by atoms with Crippen molar-refractivity contribution in [2.45, 2.75) is 19.4 Å². The van der Waals surface area contributed by atoms with E-state index in [1.807, 2.05) is 30.3 Å². The minimum Gasteiger partial charge on any atom is -0.480 e. The number of esters is 1. The number of anilines is 1. The van der Waals surface area contributed by atoms with Crippen molar-refractivity contribution in [1.29, 1.82) is 0 Å². The number of amides is 1. The number of ether oxygens (including phenoxy) is 2. The van der Waals surface area contributed by atoms with Crippen molar-refractivity contribution in [3.8, 4) is 17.0 Å². The van der Waals surface area contributed by atoms with E-state index in [1.165, 1.54) is 39.3 Å². The first-order valence-corrected chi connectivity index (χ1v) is 12.6. The Balaban J connectivity index is 1.77. The van der Waals surface area contributed by atoms with E-state index in [4.69, 9.17) is 21.1 Å². The Morgan fingerprint density at radius 2 is 1.65 bits per heavy atom. The second-order valence-electron chi connectivity index (χ2n) is 8.86. The number of ketones is 1. The van der Waals surface area contributed by atoms with Crippen molar-refractivity contribution in [1.82, 2.24) is 9.78 Å². The van der Waals surface area contributed by atoms with E-state index in [2.05, 4.69) is 10.4 Å². The molecule has 1 N–H and O–H groups in total. The summed E-state index contributed by atoms with van der Waals surface area (Å²) in [7, 11) is 2.66. The number of carbonyl (C=O) groups is 3. The standard InChI is InChI=1S/C30H26ClN3O6/c1-18(35)23-14-11-21(31)16-24(23)25-17-27(36)34(33-29(25)39-2)26(15-19-7-5-4-6-8-19)28(37)32-22-12-9-20(10-13-22)30(38)40-3/h4-14,16-17,26H,15H2,1-3H3,(H,32,37). The van der Waals surface area contributed by atoms with Crippen molar-refractivity contribution in [2.24, 2.45) is 0 Å². The van der Waals surface area contributed by atoms with Gasteiger partial charge in [-0.15, -0.1) is 5.10 Å². The lowest BCUT2D eigenvalue weighted by molar-refractivity contribution is -0.119. The highest BCUT2D eigenvalue weighted by Gasteiger charge is 2.26. The van der Waals surface area contributed by atoms with Gasteiger partial charge in [0, 0.05) is 28.8 Å². The average Bonchev–Trinajstić information content (AvgIpc) is 2.96. The molecule has 0 fully saturated rings. The number of rotatable bonds is 9. The highest BCUT2D eigenvalue weighted by Crippen LogP contribution is 2.32. The van der Waals surface area contributed by atoms with Crippen LogP contribution in [-0.4, -0.2) is 41.7 Å². The quantitative estimate of drug-likeness (QED) is 0.227. The largest absolute Gasteiger partial charge is 0.480 e. The number of carbonyl (C=O) groups excluding carboxylic acids is 3. The highest BCUT2D eigenvalue weighted by molar-refractivity contribution is 6.31. The van der Waals surface area contributed by atoms with Gasteiger partial charge in [0.2, 0.25) is 11.8 Å². The van der Waals surface area contributed by atoms with Crippen LogP contribution in [0.1, 0.15) is 39.2 Å². The first-order chi connectivity index (χ1) is 19.2. The molecule has 1 atom stereocenters. The molecule has 0 spiro atoms. The van der Waals surface area contributed by atoms with E-state index in [0.29, 0.717) is 27.4 Å². The van der Waals surface area contributed by atoms with Gasteiger partial charge in [-0.3, -0.25) is 14.4 Å². The van der Waals surface area contributed by atoms with Gasteiger partial charge in [0.25, 0.3) is 5.56 Å². The number of Topliss-reactive ketones (excluding diaryl/α,β-unsaturated/α-hetero) is 1. The average molecular weight is 560 g/mol. The Morgan fingerprint density at radius 3 is 2.27 bits per heavy atom. The summed E-state index contributed by atoms with van der Waals surface area (Å²) in [6.45, 7) is 1.41. The van der Waals surface area contributed by atoms with Gasteiger partial charge in [-0.05, 0) is 60.5 Å². The summed E-state index contributed by atoms with van der Waals surface area (Å²) in [4.78, 5) is 51.1. The molecule has 0 saturated carbocycles. The Hall–Kier alpha value is -4.76. The minimum atomic E-state index is -1.07. The van der Waals surface area contributed by atoms with Crippen LogP contribution in [-0.2, 0) is 16.0 Å². The molecule has 1 aromatic heterocycles. The second-order valence-corrected chi connectivity index (χ2v) is 9.30. The number of methoxy groups -OCH3 is 2. The van der Waals surface area contributed by atoms with Crippen molar-refractivity contribution in [3.63, 3.8) is 0 Å². The molecule has 40 heavy (non-hydrogen) atoms. The molecule has 0 aliphatic rings.